The first-order valence-electron chi connectivity index (χ1n) is 3.34. The zero-order valence-electron chi connectivity index (χ0n) is 6.57. The molecule has 12 heavy (non-hydrogen) atoms. The molecule has 0 aliphatic heterocycles. The summed E-state index contributed by atoms with van der Waals surface area (Å²) in [5, 5.41) is 0. The number of rotatable bonds is 1. The second-order valence-electron chi connectivity index (χ2n) is 2.12. The van der Waals surface area contributed by atoms with Gasteiger partial charge in [-0.3, -0.25) is 0 Å². The molecule has 0 saturated carbocycles. The summed E-state index contributed by atoms with van der Waals surface area (Å²) in [6, 6.07) is 6.55. The van der Waals surface area contributed by atoms with Crippen LogP contribution in [0.25, 0.3) is 4.85 Å². The molecule has 0 fully saturated rings. The Hall–Kier alpha value is -1.82. The van der Waals surface area contributed by atoms with Crippen molar-refractivity contribution in [2.45, 2.75) is 0 Å². The van der Waals surface area contributed by atoms with Crippen molar-refractivity contribution in [1.29, 1.82) is 0 Å². The number of benzene rings is 1. The molecule has 0 N–H and O–H groups in total. The van der Waals surface area contributed by atoms with Crippen LogP contribution in [0.4, 0.5) is 5.69 Å². The first-order valence-corrected chi connectivity index (χ1v) is 3.34. The number of para-hydroxylation sites is 1. The summed E-state index contributed by atoms with van der Waals surface area (Å²) in [6.07, 6.45) is 0. The van der Waals surface area contributed by atoms with Gasteiger partial charge in [0.05, 0.1) is 19.2 Å². The minimum Gasteiger partial charge on any atom is -0.466 e. The van der Waals surface area contributed by atoms with E-state index in [9.17, 15) is 4.79 Å². The lowest BCUT2D eigenvalue weighted by molar-refractivity contribution is 0.0602. The van der Waals surface area contributed by atoms with Gasteiger partial charge in [-0.2, -0.15) is 0 Å². The number of nitrogens with zero attached hydrogens (tertiary/aromatic N) is 1. The van der Waals surface area contributed by atoms with Crippen LogP contribution in [0.2, 0.25) is 0 Å². The van der Waals surface area contributed by atoms with Gasteiger partial charge in [-0.25, -0.2) is 9.64 Å². The summed E-state index contributed by atoms with van der Waals surface area (Å²) >= 11 is 0. The Morgan fingerprint density at radius 1 is 1.50 bits per heavy atom. The average molecular weight is 161 g/mol. The standard InChI is InChI=1S/C9H7NO2/c1-10-8-6-4-3-5-7(8)9(11)12-2/h3-6H,2H3. The van der Waals surface area contributed by atoms with Crippen molar-refractivity contribution in [1.82, 2.24) is 0 Å². The van der Waals surface area contributed by atoms with E-state index in [0.717, 1.165) is 0 Å². The Bertz CT molecular complexity index is 339. The third-order valence-corrected chi connectivity index (χ3v) is 1.43. The number of ether oxygens (including phenoxy) is 1. The topological polar surface area (TPSA) is 30.7 Å². The lowest BCUT2D eigenvalue weighted by Crippen LogP contribution is -2.00. The highest BCUT2D eigenvalue weighted by Gasteiger charge is 2.09. The van der Waals surface area contributed by atoms with Crippen LogP contribution in [0.15, 0.2) is 24.3 Å². The molecule has 0 heterocycles. The molecule has 0 bridgehead atoms. The predicted octanol–water partition coefficient (Wildman–Crippen LogP) is 2.02. The molecule has 0 spiro atoms. The summed E-state index contributed by atoms with van der Waals surface area (Å²) < 4.78 is 4.50. The molecule has 0 radical (unpaired) electrons. The van der Waals surface area contributed by atoms with Gasteiger partial charge in [0, 0.05) is 0 Å². The van der Waals surface area contributed by atoms with Crippen LogP contribution in [0.1, 0.15) is 10.4 Å². The molecule has 1 aromatic rings. The summed E-state index contributed by atoms with van der Waals surface area (Å²) in [5.74, 6) is -0.471. The predicted molar refractivity (Wildman–Crippen MR) is 44.0 cm³/mol. The lowest BCUT2D eigenvalue weighted by Gasteiger charge is -1.99. The maximum atomic E-state index is 11.0. The lowest BCUT2D eigenvalue weighted by atomic mass is 10.2. The molecule has 60 valence electrons. The van der Waals surface area contributed by atoms with Gasteiger partial charge in [0.1, 0.15) is 0 Å². The highest BCUT2D eigenvalue weighted by atomic mass is 16.5. The molecular weight excluding hydrogens is 154 g/mol. The monoisotopic (exact) mass is 161 g/mol. The maximum absolute atomic E-state index is 11.0. The number of hydrogen-bond donors (Lipinski definition) is 0. The Labute approximate surface area is 70.4 Å². The van der Waals surface area contributed by atoms with E-state index in [4.69, 9.17) is 6.57 Å². The maximum Gasteiger partial charge on any atom is 0.327 e. The van der Waals surface area contributed by atoms with Crippen LogP contribution < -0.4 is 0 Å². The van der Waals surface area contributed by atoms with Gasteiger partial charge < -0.3 is 4.74 Å². The fourth-order valence-corrected chi connectivity index (χ4v) is 0.854. The fraction of sp³-hybridized carbons (Fsp3) is 0.111. The van der Waals surface area contributed by atoms with Gasteiger partial charge >= 0.3 is 5.97 Å². The summed E-state index contributed by atoms with van der Waals surface area (Å²) in [4.78, 5) is 14.2. The minimum atomic E-state index is -0.471. The van der Waals surface area contributed by atoms with Crippen molar-refractivity contribution < 1.29 is 9.53 Å². The van der Waals surface area contributed by atoms with Gasteiger partial charge in [0.15, 0.2) is 0 Å². The molecule has 0 aromatic heterocycles. The van der Waals surface area contributed by atoms with Crippen molar-refractivity contribution in [3.05, 3.63) is 41.2 Å². The largest absolute Gasteiger partial charge is 0.466 e. The normalized spacial score (nSPS) is 8.67. The average Bonchev–Trinajstić information content (AvgIpc) is 2.16. The van der Waals surface area contributed by atoms with E-state index in [1.165, 1.54) is 7.11 Å². The van der Waals surface area contributed by atoms with Gasteiger partial charge in [-0.15, -0.1) is 0 Å². The van der Waals surface area contributed by atoms with Crippen molar-refractivity contribution in [2.75, 3.05) is 7.11 Å². The molecule has 0 unspecified atom stereocenters. The molecular formula is C9H7NO2. The van der Waals surface area contributed by atoms with Crippen LogP contribution in [-0.4, -0.2) is 13.1 Å². The van der Waals surface area contributed by atoms with E-state index in [2.05, 4.69) is 9.58 Å². The van der Waals surface area contributed by atoms with E-state index in [-0.39, 0.29) is 0 Å². The number of carbonyl (C=O) groups excluding carboxylic acids is 1. The van der Waals surface area contributed by atoms with Gasteiger partial charge in [-0.05, 0) is 0 Å². The molecule has 0 aliphatic rings. The molecule has 0 amide bonds. The van der Waals surface area contributed by atoms with Crippen molar-refractivity contribution >= 4 is 11.7 Å². The summed E-state index contributed by atoms with van der Waals surface area (Å²) in [6.45, 7) is 6.77. The van der Waals surface area contributed by atoms with Crippen molar-refractivity contribution in [2.24, 2.45) is 0 Å². The highest BCUT2D eigenvalue weighted by molar-refractivity contribution is 5.95. The minimum absolute atomic E-state index is 0.315. The molecule has 0 saturated heterocycles. The second kappa shape index (κ2) is 3.54. The quantitative estimate of drug-likeness (QED) is 0.466. The fourth-order valence-electron chi connectivity index (χ4n) is 0.854. The molecule has 0 aliphatic carbocycles. The van der Waals surface area contributed by atoms with E-state index >= 15 is 0 Å². The van der Waals surface area contributed by atoms with E-state index in [1.807, 2.05) is 0 Å². The number of hydrogen-bond acceptors (Lipinski definition) is 2. The zero-order chi connectivity index (χ0) is 8.97. The molecule has 3 nitrogen and oxygen atoms in total. The molecule has 0 atom stereocenters. The van der Waals surface area contributed by atoms with Crippen LogP contribution in [0.3, 0.4) is 0 Å². The molecule has 1 aromatic carbocycles. The number of carbonyl (C=O) groups is 1. The first-order chi connectivity index (χ1) is 5.79. The van der Waals surface area contributed by atoms with Gasteiger partial charge in [-0.1, -0.05) is 24.3 Å². The Balaban J connectivity index is 3.16. The number of methoxy groups -OCH3 is 1. The van der Waals surface area contributed by atoms with E-state index in [0.29, 0.717) is 11.3 Å². The van der Waals surface area contributed by atoms with E-state index < -0.39 is 5.97 Å². The SMILES string of the molecule is [C-]#[N+]c1ccccc1C(=O)OC. The molecule has 1 rings (SSSR count). The van der Waals surface area contributed by atoms with Crippen LogP contribution in [0.5, 0.6) is 0 Å². The van der Waals surface area contributed by atoms with Gasteiger partial charge in [0.2, 0.25) is 5.69 Å². The Morgan fingerprint density at radius 3 is 2.75 bits per heavy atom. The second-order valence-corrected chi connectivity index (χ2v) is 2.12. The van der Waals surface area contributed by atoms with E-state index in [1.54, 1.807) is 24.3 Å². The Kier molecular flexibility index (Phi) is 2.44. The first kappa shape index (κ1) is 8.28. The summed E-state index contributed by atoms with van der Waals surface area (Å²) in [7, 11) is 1.29. The molecule has 3 heteroatoms. The third kappa shape index (κ3) is 1.43. The van der Waals surface area contributed by atoms with Crippen molar-refractivity contribution in [3.63, 3.8) is 0 Å². The summed E-state index contributed by atoms with van der Waals surface area (Å²) in [5.41, 5.74) is 0.638. The smallest absolute Gasteiger partial charge is 0.327 e. The van der Waals surface area contributed by atoms with Crippen molar-refractivity contribution in [3.8, 4) is 0 Å². The highest BCUT2D eigenvalue weighted by Crippen LogP contribution is 2.18. The Morgan fingerprint density at radius 2 is 2.17 bits per heavy atom. The van der Waals surface area contributed by atoms with Crippen LogP contribution >= 0.6 is 0 Å². The number of esters is 1. The third-order valence-electron chi connectivity index (χ3n) is 1.43. The van der Waals surface area contributed by atoms with Crippen LogP contribution in [0, 0.1) is 6.57 Å². The van der Waals surface area contributed by atoms with Gasteiger partial charge in [0.25, 0.3) is 0 Å². The zero-order valence-corrected chi connectivity index (χ0v) is 6.57. The van der Waals surface area contributed by atoms with Crippen LogP contribution in [-0.2, 0) is 4.74 Å².